The van der Waals surface area contributed by atoms with Gasteiger partial charge in [-0.2, -0.15) is 0 Å². The molecule has 3 aromatic rings. The van der Waals surface area contributed by atoms with Crippen molar-refractivity contribution in [2.45, 2.75) is 26.7 Å². The highest BCUT2D eigenvalue weighted by Crippen LogP contribution is 2.42. The fourth-order valence-electron chi connectivity index (χ4n) is 3.14. The zero-order valence-corrected chi connectivity index (χ0v) is 16.1. The molecule has 1 N–H and O–H groups in total. The molecule has 0 aliphatic carbocycles. The van der Waals surface area contributed by atoms with Gasteiger partial charge in [-0.1, -0.05) is 38.1 Å². The number of nitrogens with one attached hydrogen (secondary N) is 1. The fourth-order valence-corrected chi connectivity index (χ4v) is 3.82. The average Bonchev–Trinajstić information content (AvgIpc) is 3.03. The molecule has 0 spiro atoms. The molecular formula is C21H20F2N2OS. The molecule has 0 saturated carbocycles. The van der Waals surface area contributed by atoms with Gasteiger partial charge in [0.1, 0.15) is 11.6 Å². The topological polar surface area (TPSA) is 42.0 Å². The Hall–Kier alpha value is -2.60. The number of thiazole rings is 1. The number of rotatable bonds is 5. The monoisotopic (exact) mass is 386 g/mol. The summed E-state index contributed by atoms with van der Waals surface area (Å²) >= 11 is 1.36. The summed E-state index contributed by atoms with van der Waals surface area (Å²) in [6.07, 6.45) is 0. The minimum absolute atomic E-state index is 0.212. The van der Waals surface area contributed by atoms with Crippen LogP contribution in [0.3, 0.4) is 0 Å². The van der Waals surface area contributed by atoms with E-state index in [0.717, 1.165) is 16.8 Å². The molecule has 0 aliphatic heterocycles. The Morgan fingerprint density at radius 1 is 1.00 bits per heavy atom. The van der Waals surface area contributed by atoms with Crippen molar-refractivity contribution in [2.24, 2.45) is 5.41 Å². The molecule has 27 heavy (non-hydrogen) atoms. The molecular weight excluding hydrogens is 366 g/mol. The van der Waals surface area contributed by atoms with Gasteiger partial charge in [0.15, 0.2) is 5.13 Å². The van der Waals surface area contributed by atoms with Crippen LogP contribution in [0.5, 0.6) is 0 Å². The van der Waals surface area contributed by atoms with Gasteiger partial charge >= 0.3 is 0 Å². The molecule has 0 unspecified atom stereocenters. The lowest BCUT2D eigenvalue weighted by Gasteiger charge is -2.33. The van der Waals surface area contributed by atoms with E-state index >= 15 is 0 Å². The molecule has 0 aliphatic rings. The number of aryl methyl sites for hydroxylation is 1. The number of halogens is 2. The predicted molar refractivity (Wildman–Crippen MR) is 104 cm³/mol. The van der Waals surface area contributed by atoms with Crippen molar-refractivity contribution >= 4 is 22.4 Å². The smallest absolute Gasteiger partial charge is 0.232 e. The quantitative estimate of drug-likeness (QED) is 0.627. The Balaban J connectivity index is 2.00. The van der Waals surface area contributed by atoms with Crippen LogP contribution < -0.4 is 5.32 Å². The zero-order chi connectivity index (χ0) is 19.6. The minimum Gasteiger partial charge on any atom is -0.301 e. The van der Waals surface area contributed by atoms with Crippen LogP contribution >= 0.6 is 11.3 Å². The molecule has 0 saturated heterocycles. The number of carbonyl (C=O) groups excluding carboxylic acids is 1. The standard InChI is InChI=1S/C21H20F2N2OS/c1-13-12-27-20(24-13)25-19(26)21(2,3)18(14-4-8-16(22)9-5-14)15-6-10-17(23)11-7-15/h4-12,18H,1-3H3,(H,24,25,26). The predicted octanol–water partition coefficient (Wildman–Crippen LogP) is 5.53. The molecule has 2 aromatic carbocycles. The van der Waals surface area contributed by atoms with E-state index in [9.17, 15) is 13.6 Å². The summed E-state index contributed by atoms with van der Waals surface area (Å²) in [7, 11) is 0. The second-order valence-corrected chi connectivity index (χ2v) is 7.86. The number of anilines is 1. The minimum atomic E-state index is -0.894. The lowest BCUT2D eigenvalue weighted by atomic mass is 9.70. The van der Waals surface area contributed by atoms with Gasteiger partial charge in [0.2, 0.25) is 5.91 Å². The zero-order valence-electron chi connectivity index (χ0n) is 15.3. The maximum Gasteiger partial charge on any atom is 0.232 e. The van der Waals surface area contributed by atoms with Crippen LogP contribution in [0.4, 0.5) is 13.9 Å². The maximum absolute atomic E-state index is 13.4. The van der Waals surface area contributed by atoms with Crippen LogP contribution in [0.15, 0.2) is 53.9 Å². The Kier molecular flexibility index (Phi) is 5.37. The van der Waals surface area contributed by atoms with Crippen LogP contribution in [-0.2, 0) is 4.79 Å². The summed E-state index contributed by atoms with van der Waals surface area (Å²) in [6.45, 7) is 5.50. The molecule has 3 rings (SSSR count). The lowest BCUT2D eigenvalue weighted by Crippen LogP contribution is -2.37. The lowest BCUT2D eigenvalue weighted by molar-refractivity contribution is -0.124. The summed E-state index contributed by atoms with van der Waals surface area (Å²) in [5.74, 6) is -1.30. The molecule has 0 atom stereocenters. The van der Waals surface area contributed by atoms with E-state index in [1.165, 1.54) is 35.6 Å². The van der Waals surface area contributed by atoms with Gasteiger partial charge in [-0.05, 0) is 42.3 Å². The van der Waals surface area contributed by atoms with Gasteiger partial charge in [-0.3, -0.25) is 4.79 Å². The number of aromatic nitrogens is 1. The first-order chi connectivity index (χ1) is 12.8. The summed E-state index contributed by atoms with van der Waals surface area (Å²) in [5.41, 5.74) is 1.49. The van der Waals surface area contributed by atoms with E-state index in [1.807, 2.05) is 26.2 Å². The third-order valence-electron chi connectivity index (χ3n) is 4.55. The van der Waals surface area contributed by atoms with Crippen molar-refractivity contribution in [1.29, 1.82) is 0 Å². The third-order valence-corrected chi connectivity index (χ3v) is 5.43. The first-order valence-corrected chi connectivity index (χ1v) is 9.40. The van der Waals surface area contributed by atoms with Crippen molar-refractivity contribution < 1.29 is 13.6 Å². The average molecular weight is 386 g/mol. The van der Waals surface area contributed by atoms with Crippen LogP contribution in [0.25, 0.3) is 0 Å². The van der Waals surface area contributed by atoms with Gasteiger partial charge in [0, 0.05) is 11.3 Å². The van der Waals surface area contributed by atoms with Crippen molar-refractivity contribution in [3.63, 3.8) is 0 Å². The Morgan fingerprint density at radius 3 is 1.89 bits per heavy atom. The molecule has 1 heterocycles. The number of benzene rings is 2. The first kappa shape index (κ1) is 19.2. The number of amides is 1. The second-order valence-electron chi connectivity index (χ2n) is 7.01. The summed E-state index contributed by atoms with van der Waals surface area (Å²) in [6, 6.07) is 12.1. The van der Waals surface area contributed by atoms with Gasteiger partial charge in [-0.15, -0.1) is 11.3 Å². The van der Waals surface area contributed by atoms with Gasteiger partial charge in [0.05, 0.1) is 11.1 Å². The third kappa shape index (κ3) is 4.22. The van der Waals surface area contributed by atoms with E-state index in [1.54, 1.807) is 24.3 Å². The van der Waals surface area contributed by atoms with Gasteiger partial charge in [0.25, 0.3) is 0 Å². The van der Waals surface area contributed by atoms with Crippen molar-refractivity contribution in [3.05, 3.63) is 82.4 Å². The molecule has 0 radical (unpaired) electrons. The maximum atomic E-state index is 13.4. The number of nitrogens with zero attached hydrogens (tertiary/aromatic N) is 1. The molecule has 0 bridgehead atoms. The molecule has 1 aromatic heterocycles. The summed E-state index contributed by atoms with van der Waals surface area (Å²) < 4.78 is 26.8. The number of hydrogen-bond donors (Lipinski definition) is 1. The second kappa shape index (κ2) is 7.56. The molecule has 1 amide bonds. The Labute approximate surface area is 161 Å². The van der Waals surface area contributed by atoms with Crippen LogP contribution in [0, 0.1) is 24.0 Å². The van der Waals surface area contributed by atoms with E-state index in [0.29, 0.717) is 5.13 Å². The highest BCUT2D eigenvalue weighted by atomic mass is 32.1. The van der Waals surface area contributed by atoms with E-state index in [2.05, 4.69) is 10.3 Å². The Morgan fingerprint density at radius 2 is 1.48 bits per heavy atom. The van der Waals surface area contributed by atoms with E-state index in [-0.39, 0.29) is 23.5 Å². The highest BCUT2D eigenvalue weighted by Gasteiger charge is 2.39. The molecule has 0 fully saturated rings. The van der Waals surface area contributed by atoms with Gasteiger partial charge in [-0.25, -0.2) is 13.8 Å². The number of hydrogen-bond acceptors (Lipinski definition) is 3. The highest BCUT2D eigenvalue weighted by molar-refractivity contribution is 7.13. The Bertz CT molecular complexity index is 888. The fraction of sp³-hybridized carbons (Fsp3) is 0.238. The van der Waals surface area contributed by atoms with E-state index in [4.69, 9.17) is 0 Å². The van der Waals surface area contributed by atoms with Crippen molar-refractivity contribution in [3.8, 4) is 0 Å². The van der Waals surface area contributed by atoms with Crippen molar-refractivity contribution in [2.75, 3.05) is 5.32 Å². The van der Waals surface area contributed by atoms with Crippen molar-refractivity contribution in [1.82, 2.24) is 4.98 Å². The number of carbonyl (C=O) groups is 1. The molecule has 6 heteroatoms. The van der Waals surface area contributed by atoms with Crippen LogP contribution in [0.1, 0.15) is 36.6 Å². The summed E-state index contributed by atoms with van der Waals surface area (Å²) in [5, 5.41) is 5.26. The molecule has 140 valence electrons. The SMILES string of the molecule is Cc1csc(NC(=O)C(C)(C)C(c2ccc(F)cc2)c2ccc(F)cc2)n1. The largest absolute Gasteiger partial charge is 0.301 e. The van der Waals surface area contributed by atoms with E-state index < -0.39 is 5.41 Å². The van der Waals surface area contributed by atoms with Crippen LogP contribution in [0.2, 0.25) is 0 Å². The van der Waals surface area contributed by atoms with Gasteiger partial charge < -0.3 is 5.32 Å². The van der Waals surface area contributed by atoms with Crippen LogP contribution in [-0.4, -0.2) is 10.9 Å². The normalized spacial score (nSPS) is 11.6. The first-order valence-electron chi connectivity index (χ1n) is 8.52. The molecule has 3 nitrogen and oxygen atoms in total. The summed E-state index contributed by atoms with van der Waals surface area (Å²) in [4.78, 5) is 17.4.